The van der Waals surface area contributed by atoms with Crippen molar-refractivity contribution in [1.29, 1.82) is 0 Å². The molecular formula is C23H34N4O9. The molecule has 0 fully saturated rings. The van der Waals surface area contributed by atoms with E-state index in [0.717, 1.165) is 22.1 Å². The molecule has 2 aromatic rings. The molecule has 0 aliphatic rings. The van der Waals surface area contributed by atoms with Crippen LogP contribution in [0, 0.1) is 20.2 Å². The van der Waals surface area contributed by atoms with Crippen molar-refractivity contribution in [1.82, 2.24) is 0 Å². The van der Waals surface area contributed by atoms with Gasteiger partial charge in [-0.15, -0.1) is 0 Å². The second-order valence-electron chi connectivity index (χ2n) is 9.48. The molecule has 13 heteroatoms. The number of likely N-dealkylation sites (N-methyl/N-ethyl adjacent to an activating group) is 2. The topological polar surface area (TPSA) is 168 Å². The van der Waals surface area contributed by atoms with Crippen LogP contribution in [0.25, 0.3) is 0 Å². The summed E-state index contributed by atoms with van der Waals surface area (Å²) in [5, 5.41) is 37.5. The highest BCUT2D eigenvalue weighted by atomic mass is 16.6. The fraction of sp³-hybridized carbons (Fsp3) is 0.435. The molecule has 0 unspecified atom stereocenters. The first kappa shape index (κ1) is 32.0. The van der Waals surface area contributed by atoms with E-state index in [-0.39, 0.29) is 11.4 Å². The number of nitrogens with zero attached hydrogens (tertiary/aromatic N) is 4. The molecule has 13 nitrogen and oxygen atoms in total. The molecule has 0 amide bonds. The Morgan fingerprint density at radius 1 is 0.667 bits per heavy atom. The number of benzene rings is 2. The van der Waals surface area contributed by atoms with Crippen LogP contribution >= 0.6 is 0 Å². The Morgan fingerprint density at radius 2 is 0.917 bits per heavy atom. The van der Waals surface area contributed by atoms with Crippen molar-refractivity contribution in [2.75, 3.05) is 68.6 Å². The van der Waals surface area contributed by atoms with Gasteiger partial charge in [0.2, 0.25) is 0 Å². The van der Waals surface area contributed by atoms with Gasteiger partial charge in [-0.2, -0.15) is 0 Å². The van der Waals surface area contributed by atoms with E-state index >= 15 is 0 Å². The lowest BCUT2D eigenvalue weighted by Crippen LogP contribution is -2.38. The van der Waals surface area contributed by atoms with Gasteiger partial charge in [-0.05, 0) is 30.4 Å². The summed E-state index contributed by atoms with van der Waals surface area (Å²) < 4.78 is 12.6. The van der Waals surface area contributed by atoms with Crippen molar-refractivity contribution in [2.24, 2.45) is 0 Å². The van der Waals surface area contributed by atoms with Crippen molar-refractivity contribution in [3.8, 4) is 11.5 Å². The van der Waals surface area contributed by atoms with Gasteiger partial charge in [0.05, 0.1) is 52.1 Å². The van der Waals surface area contributed by atoms with Gasteiger partial charge in [0.25, 0.3) is 11.4 Å². The minimum absolute atomic E-state index is 0.0824. The van der Waals surface area contributed by atoms with Crippen molar-refractivity contribution >= 4 is 17.5 Å². The number of ether oxygens (including phenoxy) is 2. The van der Waals surface area contributed by atoms with Crippen LogP contribution < -0.4 is 19.7 Å². The number of quaternary nitrogens is 2. The van der Waals surface area contributed by atoms with Crippen molar-refractivity contribution < 1.29 is 43.3 Å². The standard InChI is InChI=1S/2C11H17N2O3.CH2O3/c2*1-13(2,3)8-9-16-11-6-4-10(5-7-11)12(14)15;2-1(3)4/h2*4-7H,8-9H2,1-3H3;(H2,2,3,4)/q2*+1;/p-2. The lowest BCUT2D eigenvalue weighted by Gasteiger charge is -2.23. The third kappa shape index (κ3) is 17.5. The number of carbonyl (C=O) groups excluding carboxylic acids is 1. The third-order valence-corrected chi connectivity index (χ3v) is 4.16. The van der Waals surface area contributed by atoms with Gasteiger partial charge < -0.3 is 33.4 Å². The summed E-state index contributed by atoms with van der Waals surface area (Å²) in [6, 6.07) is 12.3. The smallest absolute Gasteiger partial charge is 0.269 e. The van der Waals surface area contributed by atoms with Gasteiger partial charge in [0, 0.05) is 24.3 Å². The maximum absolute atomic E-state index is 10.4. The van der Waals surface area contributed by atoms with Crippen LogP contribution in [0.3, 0.4) is 0 Å². The largest absolute Gasteiger partial charge is 0.652 e. The molecule has 2 rings (SSSR count). The maximum atomic E-state index is 10.4. The SMILES string of the molecule is C[N+](C)(C)CCOc1ccc([N+](=O)[O-])cc1.C[N+](C)(C)CCOc1ccc([N+](=O)[O-])cc1.O=C([O-])[O-]. The van der Waals surface area contributed by atoms with Crippen molar-refractivity contribution in [3.05, 3.63) is 68.8 Å². The second-order valence-corrected chi connectivity index (χ2v) is 9.48. The molecule has 0 spiro atoms. The van der Waals surface area contributed by atoms with E-state index in [1.165, 1.54) is 24.3 Å². The Bertz CT molecular complexity index is 874. The summed E-state index contributed by atoms with van der Waals surface area (Å²) in [5.41, 5.74) is 0.165. The normalized spacial score (nSPS) is 10.6. The molecule has 0 saturated heterocycles. The summed E-state index contributed by atoms with van der Waals surface area (Å²) in [5.74, 6) is 1.33. The average Bonchev–Trinajstić information content (AvgIpc) is 2.73. The van der Waals surface area contributed by atoms with Crippen LogP contribution in [-0.4, -0.2) is 93.6 Å². The molecule has 0 aliphatic heterocycles. The van der Waals surface area contributed by atoms with E-state index in [2.05, 4.69) is 42.3 Å². The first-order valence-electron chi connectivity index (χ1n) is 10.7. The van der Waals surface area contributed by atoms with Crippen LogP contribution in [0.5, 0.6) is 11.5 Å². The molecule has 36 heavy (non-hydrogen) atoms. The van der Waals surface area contributed by atoms with E-state index in [0.29, 0.717) is 24.7 Å². The lowest BCUT2D eigenvalue weighted by atomic mass is 10.3. The molecule has 0 heterocycles. The van der Waals surface area contributed by atoms with Crippen LogP contribution in [0.15, 0.2) is 48.5 Å². The Kier molecular flexibility index (Phi) is 13.4. The maximum Gasteiger partial charge on any atom is 0.269 e. The highest BCUT2D eigenvalue weighted by Gasteiger charge is 2.09. The first-order valence-corrected chi connectivity index (χ1v) is 10.7. The highest BCUT2D eigenvalue weighted by Crippen LogP contribution is 2.18. The van der Waals surface area contributed by atoms with Gasteiger partial charge in [-0.1, -0.05) is 0 Å². The number of nitro groups is 2. The summed E-state index contributed by atoms with van der Waals surface area (Å²) in [4.78, 5) is 28.3. The Labute approximate surface area is 210 Å². The monoisotopic (exact) mass is 510 g/mol. The summed E-state index contributed by atoms with van der Waals surface area (Å²) in [7, 11) is 12.5. The van der Waals surface area contributed by atoms with Crippen LogP contribution in [-0.2, 0) is 0 Å². The number of nitro benzene ring substituents is 2. The number of hydrogen-bond acceptors (Lipinski definition) is 9. The lowest BCUT2D eigenvalue weighted by molar-refractivity contribution is -0.870. The zero-order valence-electron chi connectivity index (χ0n) is 21.4. The van der Waals surface area contributed by atoms with Crippen molar-refractivity contribution in [3.63, 3.8) is 0 Å². The van der Waals surface area contributed by atoms with Crippen LogP contribution in [0.2, 0.25) is 0 Å². The van der Waals surface area contributed by atoms with Crippen LogP contribution in [0.1, 0.15) is 0 Å². The van der Waals surface area contributed by atoms with Crippen LogP contribution in [0.4, 0.5) is 16.2 Å². The number of non-ortho nitro benzene ring substituents is 2. The van der Waals surface area contributed by atoms with Gasteiger partial charge in [-0.3, -0.25) is 20.2 Å². The van der Waals surface area contributed by atoms with Crippen molar-refractivity contribution in [2.45, 2.75) is 0 Å². The predicted molar refractivity (Wildman–Crippen MR) is 128 cm³/mol. The zero-order chi connectivity index (χ0) is 27.9. The van der Waals surface area contributed by atoms with Gasteiger partial charge in [0.1, 0.15) is 37.8 Å². The van der Waals surface area contributed by atoms with E-state index in [4.69, 9.17) is 24.5 Å². The first-order chi connectivity index (χ1) is 16.5. The second kappa shape index (κ2) is 15.1. The summed E-state index contributed by atoms with van der Waals surface area (Å²) in [6.07, 6.45) is -2.33. The molecule has 2 aromatic carbocycles. The van der Waals surface area contributed by atoms with Gasteiger partial charge in [0.15, 0.2) is 0 Å². The fourth-order valence-corrected chi connectivity index (χ4v) is 2.20. The summed E-state index contributed by atoms with van der Waals surface area (Å²) >= 11 is 0. The number of hydrogen-bond donors (Lipinski definition) is 0. The Balaban J connectivity index is 0.000000593. The summed E-state index contributed by atoms with van der Waals surface area (Å²) in [6.45, 7) is 2.97. The molecule has 0 aromatic heterocycles. The van der Waals surface area contributed by atoms with Gasteiger partial charge in [-0.25, -0.2) is 0 Å². The molecule has 0 radical (unpaired) electrons. The minimum atomic E-state index is -2.33. The van der Waals surface area contributed by atoms with E-state index < -0.39 is 16.0 Å². The highest BCUT2D eigenvalue weighted by molar-refractivity contribution is 5.47. The molecule has 0 bridgehead atoms. The molecule has 0 saturated carbocycles. The Morgan fingerprint density at radius 3 is 1.11 bits per heavy atom. The number of carboxylic acid groups (broad SMARTS) is 2. The molecule has 200 valence electrons. The average molecular weight is 511 g/mol. The molecule has 0 atom stereocenters. The Hall–Kier alpha value is -3.97. The predicted octanol–water partition coefficient (Wildman–Crippen LogP) is 0.913. The van der Waals surface area contributed by atoms with E-state index in [1.54, 1.807) is 24.3 Å². The zero-order valence-corrected chi connectivity index (χ0v) is 21.4. The fourth-order valence-electron chi connectivity index (χ4n) is 2.20. The van der Waals surface area contributed by atoms with E-state index in [9.17, 15) is 20.2 Å². The number of carbonyl (C=O) groups is 1. The quantitative estimate of drug-likeness (QED) is 0.256. The van der Waals surface area contributed by atoms with E-state index in [1.807, 2.05) is 0 Å². The third-order valence-electron chi connectivity index (χ3n) is 4.16. The minimum Gasteiger partial charge on any atom is -0.652 e. The molecular weight excluding hydrogens is 476 g/mol. The molecule has 0 aliphatic carbocycles. The number of rotatable bonds is 10. The van der Waals surface area contributed by atoms with Gasteiger partial charge >= 0.3 is 0 Å². The molecule has 0 N–H and O–H groups in total.